The minimum atomic E-state index is 0.0951. The van der Waals surface area contributed by atoms with E-state index in [-0.39, 0.29) is 5.91 Å². The van der Waals surface area contributed by atoms with Gasteiger partial charge in [-0.1, -0.05) is 31.0 Å². The molecule has 2 aliphatic heterocycles. The molecule has 0 bridgehead atoms. The highest BCUT2D eigenvalue weighted by molar-refractivity contribution is 6.07. The van der Waals surface area contributed by atoms with E-state index in [4.69, 9.17) is 9.72 Å². The van der Waals surface area contributed by atoms with Crippen LogP contribution in [0.1, 0.15) is 36.0 Å². The van der Waals surface area contributed by atoms with Crippen molar-refractivity contribution in [3.63, 3.8) is 0 Å². The van der Waals surface area contributed by atoms with Gasteiger partial charge in [0.25, 0.3) is 5.91 Å². The highest BCUT2D eigenvalue weighted by Crippen LogP contribution is 2.28. The quantitative estimate of drug-likeness (QED) is 0.801. The fraction of sp³-hybridized carbons (Fsp3) is 0.565. The Labute approximate surface area is 172 Å². The molecule has 1 aromatic heterocycles. The molecular formula is C23H30N4O2. The molecule has 6 heteroatoms. The predicted octanol–water partition coefficient (Wildman–Crippen LogP) is 2.77. The number of nitrogens with zero attached hydrogens (tertiary/aromatic N) is 4. The minimum absolute atomic E-state index is 0.0951. The summed E-state index contributed by atoms with van der Waals surface area (Å²) in [6, 6.07) is 10.8. The van der Waals surface area contributed by atoms with Gasteiger partial charge in [-0.15, -0.1) is 0 Å². The molecule has 3 fully saturated rings. The van der Waals surface area contributed by atoms with Crippen LogP contribution in [0.25, 0.3) is 10.9 Å². The molecule has 29 heavy (non-hydrogen) atoms. The number of hydrogen-bond acceptors (Lipinski definition) is 5. The second kappa shape index (κ2) is 8.28. The number of amides is 1. The van der Waals surface area contributed by atoms with Gasteiger partial charge in [-0.3, -0.25) is 9.69 Å². The molecule has 3 aliphatic rings. The van der Waals surface area contributed by atoms with Crippen molar-refractivity contribution in [2.45, 2.75) is 31.7 Å². The molecule has 0 N–H and O–H groups in total. The summed E-state index contributed by atoms with van der Waals surface area (Å²) in [6.45, 7) is 6.68. The van der Waals surface area contributed by atoms with Crippen LogP contribution in [-0.2, 0) is 4.74 Å². The van der Waals surface area contributed by atoms with E-state index >= 15 is 0 Å². The lowest BCUT2D eigenvalue weighted by atomic mass is 10.1. The Balaban J connectivity index is 1.40. The van der Waals surface area contributed by atoms with Crippen molar-refractivity contribution in [3.8, 4) is 0 Å². The van der Waals surface area contributed by atoms with Gasteiger partial charge in [0, 0.05) is 50.7 Å². The number of piperazine rings is 1. The highest BCUT2D eigenvalue weighted by Gasteiger charge is 2.28. The van der Waals surface area contributed by atoms with Crippen LogP contribution in [0, 0.1) is 0 Å². The van der Waals surface area contributed by atoms with Gasteiger partial charge in [0.1, 0.15) is 5.82 Å². The number of anilines is 1. The molecule has 1 aromatic carbocycles. The maximum atomic E-state index is 13.3. The van der Waals surface area contributed by atoms with E-state index in [0.29, 0.717) is 26.3 Å². The fourth-order valence-electron chi connectivity index (χ4n) is 5.02. The molecule has 0 radical (unpaired) electrons. The number of benzene rings is 1. The van der Waals surface area contributed by atoms with Crippen molar-refractivity contribution in [2.24, 2.45) is 0 Å². The van der Waals surface area contributed by atoms with E-state index in [2.05, 4.69) is 9.80 Å². The predicted molar refractivity (Wildman–Crippen MR) is 115 cm³/mol. The topological polar surface area (TPSA) is 48.9 Å². The molecule has 154 valence electrons. The summed E-state index contributed by atoms with van der Waals surface area (Å²) in [4.78, 5) is 25.1. The molecule has 2 aromatic rings. The molecule has 5 rings (SSSR count). The molecule has 1 aliphatic carbocycles. The third kappa shape index (κ3) is 3.83. The van der Waals surface area contributed by atoms with Crippen LogP contribution in [0.3, 0.4) is 0 Å². The normalized spacial score (nSPS) is 21.8. The Morgan fingerprint density at radius 3 is 2.45 bits per heavy atom. The molecule has 6 nitrogen and oxygen atoms in total. The molecular weight excluding hydrogens is 364 g/mol. The zero-order valence-corrected chi connectivity index (χ0v) is 17.1. The number of carbonyl (C=O) groups excluding carboxylic acids is 1. The first kappa shape index (κ1) is 18.8. The highest BCUT2D eigenvalue weighted by atomic mass is 16.5. The smallest absolute Gasteiger partial charge is 0.254 e. The first-order valence-electron chi connectivity index (χ1n) is 11.1. The number of pyridine rings is 1. The Morgan fingerprint density at radius 2 is 1.69 bits per heavy atom. The largest absolute Gasteiger partial charge is 0.378 e. The summed E-state index contributed by atoms with van der Waals surface area (Å²) in [5.74, 6) is 1.03. The SMILES string of the molecule is O=C(c1cc(N2CCN(C3CCCC3)CC2)nc2ccccc12)N1CCOCC1. The number of ether oxygens (including phenoxy) is 1. The first-order valence-corrected chi connectivity index (χ1v) is 11.1. The minimum Gasteiger partial charge on any atom is -0.378 e. The number of carbonyl (C=O) groups is 1. The Kier molecular flexibility index (Phi) is 5.38. The van der Waals surface area contributed by atoms with Crippen LogP contribution in [0.2, 0.25) is 0 Å². The van der Waals surface area contributed by atoms with E-state index < -0.39 is 0 Å². The zero-order chi connectivity index (χ0) is 19.6. The van der Waals surface area contributed by atoms with Crippen LogP contribution in [0.4, 0.5) is 5.82 Å². The van der Waals surface area contributed by atoms with Crippen molar-refractivity contribution in [1.82, 2.24) is 14.8 Å². The van der Waals surface area contributed by atoms with E-state index in [1.165, 1.54) is 25.7 Å². The van der Waals surface area contributed by atoms with E-state index in [1.807, 2.05) is 35.2 Å². The van der Waals surface area contributed by atoms with Crippen molar-refractivity contribution in [1.29, 1.82) is 0 Å². The summed E-state index contributed by atoms with van der Waals surface area (Å²) in [5, 5.41) is 0.942. The number of morpholine rings is 1. The van der Waals surface area contributed by atoms with Crippen LogP contribution in [0.15, 0.2) is 30.3 Å². The molecule has 3 heterocycles. The number of fused-ring (bicyclic) bond motifs is 1. The molecule has 0 unspecified atom stereocenters. The van der Waals surface area contributed by atoms with Gasteiger partial charge in [-0.05, 0) is 25.0 Å². The third-order valence-electron chi connectivity index (χ3n) is 6.71. The van der Waals surface area contributed by atoms with E-state index in [9.17, 15) is 4.79 Å². The average Bonchev–Trinajstić information content (AvgIpc) is 3.33. The summed E-state index contributed by atoms with van der Waals surface area (Å²) in [6.07, 6.45) is 5.47. The standard InChI is InChI=1S/C23H30N4O2/c28-23(27-13-15-29-16-14-27)20-17-22(24-21-8-4-3-7-19(20)21)26-11-9-25(10-12-26)18-5-1-2-6-18/h3-4,7-8,17-18H,1-2,5-6,9-16H2. The van der Waals surface area contributed by atoms with Gasteiger partial charge in [0.2, 0.25) is 0 Å². The van der Waals surface area contributed by atoms with Gasteiger partial charge in [0.05, 0.1) is 24.3 Å². The third-order valence-corrected chi connectivity index (χ3v) is 6.71. The monoisotopic (exact) mass is 394 g/mol. The maximum absolute atomic E-state index is 13.3. The van der Waals surface area contributed by atoms with Gasteiger partial charge in [0.15, 0.2) is 0 Å². The second-order valence-corrected chi connectivity index (χ2v) is 8.41. The maximum Gasteiger partial charge on any atom is 0.254 e. The molecule has 2 saturated heterocycles. The lowest BCUT2D eigenvalue weighted by Gasteiger charge is -2.38. The summed E-state index contributed by atoms with van der Waals surface area (Å²) >= 11 is 0. The van der Waals surface area contributed by atoms with Crippen molar-refractivity contribution in [2.75, 3.05) is 57.4 Å². The zero-order valence-electron chi connectivity index (χ0n) is 17.1. The van der Waals surface area contributed by atoms with Crippen LogP contribution >= 0.6 is 0 Å². The fourth-order valence-corrected chi connectivity index (χ4v) is 5.02. The number of para-hydroxylation sites is 1. The Hall–Kier alpha value is -2.18. The van der Waals surface area contributed by atoms with Crippen LogP contribution < -0.4 is 4.90 Å². The molecule has 0 spiro atoms. The van der Waals surface area contributed by atoms with Gasteiger partial charge < -0.3 is 14.5 Å². The number of rotatable bonds is 3. The van der Waals surface area contributed by atoms with Crippen LogP contribution in [0.5, 0.6) is 0 Å². The van der Waals surface area contributed by atoms with Gasteiger partial charge >= 0.3 is 0 Å². The first-order chi connectivity index (χ1) is 14.3. The molecule has 1 saturated carbocycles. The Morgan fingerprint density at radius 1 is 0.966 bits per heavy atom. The second-order valence-electron chi connectivity index (χ2n) is 8.41. The Bertz CT molecular complexity index is 866. The van der Waals surface area contributed by atoms with Crippen molar-refractivity contribution < 1.29 is 9.53 Å². The summed E-state index contributed by atoms with van der Waals surface area (Å²) in [7, 11) is 0. The number of hydrogen-bond donors (Lipinski definition) is 0. The summed E-state index contributed by atoms with van der Waals surface area (Å²) < 4.78 is 5.43. The van der Waals surface area contributed by atoms with E-state index in [0.717, 1.165) is 54.5 Å². The van der Waals surface area contributed by atoms with Crippen molar-refractivity contribution >= 4 is 22.6 Å². The summed E-state index contributed by atoms with van der Waals surface area (Å²) in [5.41, 5.74) is 1.67. The van der Waals surface area contributed by atoms with Gasteiger partial charge in [-0.2, -0.15) is 0 Å². The number of aromatic nitrogens is 1. The average molecular weight is 395 g/mol. The van der Waals surface area contributed by atoms with Crippen molar-refractivity contribution in [3.05, 3.63) is 35.9 Å². The van der Waals surface area contributed by atoms with Gasteiger partial charge in [-0.25, -0.2) is 4.98 Å². The lowest BCUT2D eigenvalue weighted by Crippen LogP contribution is -2.50. The molecule has 0 atom stereocenters. The van der Waals surface area contributed by atoms with E-state index in [1.54, 1.807) is 0 Å². The lowest BCUT2D eigenvalue weighted by molar-refractivity contribution is 0.0304. The molecule has 1 amide bonds. The van der Waals surface area contributed by atoms with Crippen LogP contribution in [-0.4, -0.2) is 79.2 Å².